The molecule has 0 unspecified atom stereocenters. The Hall–Kier alpha value is -3.88. The number of amides is 3. The van der Waals surface area contributed by atoms with Crippen LogP contribution in [0.3, 0.4) is 0 Å². The molecule has 39 heavy (non-hydrogen) atoms. The number of fused-ring (bicyclic) bond motifs is 1. The van der Waals surface area contributed by atoms with Gasteiger partial charge < -0.3 is 24.9 Å². The number of likely N-dealkylation sites (tertiary alicyclic amines) is 1. The monoisotopic (exact) mass is 527 g/mol. The van der Waals surface area contributed by atoms with Gasteiger partial charge in [-0.25, -0.2) is 14.8 Å². The Morgan fingerprint density at radius 3 is 2.13 bits per heavy atom. The fraction of sp³-hybridized carbons (Fsp3) is 0.467. The van der Waals surface area contributed by atoms with Crippen molar-refractivity contribution in [1.29, 1.82) is 0 Å². The van der Waals surface area contributed by atoms with Gasteiger partial charge in [0, 0.05) is 87.6 Å². The molecule has 9 heteroatoms. The van der Waals surface area contributed by atoms with E-state index < -0.39 is 0 Å². The van der Waals surface area contributed by atoms with Crippen molar-refractivity contribution < 1.29 is 9.59 Å². The maximum Gasteiger partial charge on any atom is 0.321 e. The molecule has 0 aliphatic carbocycles. The van der Waals surface area contributed by atoms with Crippen LogP contribution in [0.1, 0.15) is 44.2 Å². The summed E-state index contributed by atoms with van der Waals surface area (Å²) in [5, 5.41) is 4.16. The van der Waals surface area contributed by atoms with E-state index >= 15 is 0 Å². The highest BCUT2D eigenvalue weighted by Gasteiger charge is 2.27. The molecule has 1 N–H and O–H groups in total. The zero-order chi connectivity index (χ0) is 26.8. The van der Waals surface area contributed by atoms with Gasteiger partial charge in [-0.1, -0.05) is 0 Å². The lowest BCUT2D eigenvalue weighted by Gasteiger charge is -2.35. The summed E-state index contributed by atoms with van der Waals surface area (Å²) in [5.41, 5.74) is 5.22. The molecule has 0 spiro atoms. The van der Waals surface area contributed by atoms with Crippen molar-refractivity contribution in [2.24, 2.45) is 0 Å². The van der Waals surface area contributed by atoms with Crippen LogP contribution in [0.15, 0.2) is 48.8 Å². The molecule has 3 amide bonds. The summed E-state index contributed by atoms with van der Waals surface area (Å²) in [4.78, 5) is 42.4. The number of anilines is 3. The third kappa shape index (κ3) is 5.48. The highest BCUT2D eigenvalue weighted by atomic mass is 16.2. The van der Waals surface area contributed by atoms with E-state index in [-0.39, 0.29) is 11.9 Å². The first-order valence-corrected chi connectivity index (χ1v) is 14.2. The summed E-state index contributed by atoms with van der Waals surface area (Å²) < 4.78 is 0. The summed E-state index contributed by atoms with van der Waals surface area (Å²) in [6.07, 6.45) is 5.92. The number of aromatic nitrogens is 2. The summed E-state index contributed by atoms with van der Waals surface area (Å²) in [7, 11) is 0. The van der Waals surface area contributed by atoms with Gasteiger partial charge in [-0.05, 0) is 68.1 Å². The van der Waals surface area contributed by atoms with Crippen LogP contribution >= 0.6 is 0 Å². The molecule has 3 saturated heterocycles. The van der Waals surface area contributed by atoms with E-state index in [9.17, 15) is 9.59 Å². The predicted octanol–water partition coefficient (Wildman–Crippen LogP) is 4.31. The van der Waals surface area contributed by atoms with Crippen LogP contribution < -0.4 is 15.1 Å². The number of carbonyl (C=O) groups excluding carboxylic acids is 2. The summed E-state index contributed by atoms with van der Waals surface area (Å²) in [5.74, 6) is 0.435. The number of hydrogen-bond donors (Lipinski definition) is 1. The molecule has 204 valence electrons. The van der Waals surface area contributed by atoms with Gasteiger partial charge in [0.1, 0.15) is 6.33 Å². The average Bonchev–Trinajstić information content (AvgIpc) is 3.52. The Morgan fingerprint density at radius 2 is 1.44 bits per heavy atom. The summed E-state index contributed by atoms with van der Waals surface area (Å²) in [6.45, 7) is 8.41. The van der Waals surface area contributed by atoms with E-state index in [2.05, 4.69) is 55.4 Å². The molecule has 1 aromatic heterocycles. The Kier molecular flexibility index (Phi) is 7.22. The van der Waals surface area contributed by atoms with Crippen LogP contribution in [0, 0.1) is 0 Å². The third-order valence-electron chi connectivity index (χ3n) is 8.50. The lowest BCUT2D eigenvalue weighted by molar-refractivity contribution is -0.129. The normalized spacial score (nSPS) is 18.6. The van der Waals surface area contributed by atoms with Crippen molar-refractivity contribution in [3.63, 3.8) is 0 Å². The molecule has 0 atom stereocenters. The van der Waals surface area contributed by atoms with Crippen LogP contribution in [0.4, 0.5) is 21.9 Å². The van der Waals surface area contributed by atoms with E-state index in [4.69, 9.17) is 0 Å². The molecule has 6 rings (SSSR count). The van der Waals surface area contributed by atoms with Gasteiger partial charge in [0.05, 0.1) is 11.2 Å². The Morgan fingerprint density at radius 1 is 0.769 bits per heavy atom. The number of piperazine rings is 1. The average molecular weight is 528 g/mol. The second kappa shape index (κ2) is 11.1. The molecule has 0 bridgehead atoms. The van der Waals surface area contributed by atoms with Crippen molar-refractivity contribution in [2.75, 3.05) is 67.5 Å². The zero-order valence-electron chi connectivity index (χ0n) is 22.7. The number of benzene rings is 2. The first-order chi connectivity index (χ1) is 19.0. The van der Waals surface area contributed by atoms with Gasteiger partial charge in [0.2, 0.25) is 5.91 Å². The fourth-order valence-electron chi connectivity index (χ4n) is 6.16. The minimum Gasteiger partial charge on any atom is -0.372 e. The highest BCUT2D eigenvalue weighted by Crippen LogP contribution is 2.33. The minimum atomic E-state index is -0.0376. The molecule has 3 aliphatic rings. The first-order valence-electron chi connectivity index (χ1n) is 14.2. The van der Waals surface area contributed by atoms with Crippen LogP contribution in [0.5, 0.6) is 0 Å². The quantitative estimate of drug-likeness (QED) is 0.544. The van der Waals surface area contributed by atoms with E-state index in [1.165, 1.54) is 18.5 Å². The van der Waals surface area contributed by atoms with Gasteiger partial charge >= 0.3 is 6.03 Å². The number of urea groups is 1. The molecule has 3 aromatic rings. The summed E-state index contributed by atoms with van der Waals surface area (Å²) in [6, 6.07) is 14.6. The lowest BCUT2D eigenvalue weighted by atomic mass is 9.91. The topological polar surface area (TPSA) is 84.9 Å². The number of carbonyl (C=O) groups is 2. The van der Waals surface area contributed by atoms with Crippen LogP contribution in [0.2, 0.25) is 0 Å². The SMILES string of the molecule is CC(=O)N1CCN(c2ccc3c(C4CCN(C(=O)Nc5ccc(N6CCCC6)cc5)CC4)ncnc3c2)CC1. The minimum absolute atomic E-state index is 0.0376. The highest BCUT2D eigenvalue weighted by molar-refractivity contribution is 5.90. The molecule has 2 aromatic carbocycles. The number of rotatable bonds is 4. The van der Waals surface area contributed by atoms with Gasteiger partial charge in [-0.15, -0.1) is 0 Å². The lowest BCUT2D eigenvalue weighted by Crippen LogP contribution is -2.48. The molecule has 0 radical (unpaired) electrons. The second-order valence-corrected chi connectivity index (χ2v) is 10.9. The van der Waals surface area contributed by atoms with Gasteiger partial charge in [0.25, 0.3) is 0 Å². The number of nitrogens with zero attached hydrogens (tertiary/aromatic N) is 6. The molecule has 9 nitrogen and oxygen atoms in total. The van der Waals surface area contributed by atoms with Gasteiger partial charge in [-0.3, -0.25) is 4.79 Å². The van der Waals surface area contributed by atoms with Crippen molar-refractivity contribution in [2.45, 2.75) is 38.5 Å². The Labute approximate surface area is 229 Å². The molecule has 3 fully saturated rings. The summed E-state index contributed by atoms with van der Waals surface area (Å²) >= 11 is 0. The van der Waals surface area contributed by atoms with Crippen LogP contribution in [-0.2, 0) is 4.79 Å². The smallest absolute Gasteiger partial charge is 0.321 e. The molecule has 4 heterocycles. The van der Waals surface area contributed by atoms with Crippen LogP contribution in [-0.4, -0.2) is 84.1 Å². The maximum absolute atomic E-state index is 13.0. The van der Waals surface area contributed by atoms with E-state index in [0.29, 0.717) is 19.0 Å². The van der Waals surface area contributed by atoms with Crippen LogP contribution in [0.25, 0.3) is 10.9 Å². The van der Waals surface area contributed by atoms with E-state index in [0.717, 1.165) is 80.1 Å². The van der Waals surface area contributed by atoms with Crippen molar-refractivity contribution >= 4 is 39.9 Å². The van der Waals surface area contributed by atoms with Gasteiger partial charge in [0.15, 0.2) is 0 Å². The molecular weight excluding hydrogens is 490 g/mol. The largest absolute Gasteiger partial charge is 0.372 e. The third-order valence-corrected chi connectivity index (χ3v) is 8.50. The van der Waals surface area contributed by atoms with Crippen molar-refractivity contribution in [3.8, 4) is 0 Å². The van der Waals surface area contributed by atoms with Crippen molar-refractivity contribution in [3.05, 3.63) is 54.5 Å². The standard InChI is InChI=1S/C30H37N7O2/c1-22(38)34-16-18-36(19-17-34)26-8-9-27-28(20-26)31-21-32-29(27)23-10-14-37(15-11-23)30(39)33-24-4-6-25(7-5-24)35-12-2-3-13-35/h4-9,20-21,23H,2-3,10-19H2,1H3,(H,33,39). The molecule has 0 saturated carbocycles. The van der Waals surface area contributed by atoms with E-state index in [1.807, 2.05) is 21.9 Å². The number of hydrogen-bond acceptors (Lipinski definition) is 6. The molecule has 3 aliphatic heterocycles. The number of piperidine rings is 1. The first kappa shape index (κ1) is 25.4. The second-order valence-electron chi connectivity index (χ2n) is 10.9. The Bertz CT molecular complexity index is 1320. The fourth-order valence-corrected chi connectivity index (χ4v) is 6.16. The van der Waals surface area contributed by atoms with E-state index in [1.54, 1.807) is 13.3 Å². The number of nitrogens with one attached hydrogen (secondary N) is 1. The van der Waals surface area contributed by atoms with Crippen molar-refractivity contribution in [1.82, 2.24) is 19.8 Å². The Balaban J connectivity index is 1.06. The maximum atomic E-state index is 13.0. The predicted molar refractivity (Wildman–Crippen MR) is 154 cm³/mol. The van der Waals surface area contributed by atoms with Gasteiger partial charge in [-0.2, -0.15) is 0 Å². The zero-order valence-corrected chi connectivity index (χ0v) is 22.7. The molecular formula is C30H37N7O2.